The zero-order chi connectivity index (χ0) is 20.5. The average molecular weight is 420 g/mol. The van der Waals surface area contributed by atoms with Crippen LogP contribution < -0.4 is 10.2 Å². The molecule has 3 rings (SSSR count). The Kier molecular flexibility index (Phi) is 8.31. The number of benzene rings is 2. The molecule has 7 heteroatoms. The number of anilines is 1. The number of para-hydroxylation sites is 1. The molecular formula is C22H27F2N3OS. The van der Waals surface area contributed by atoms with E-state index in [1.165, 1.54) is 5.69 Å². The lowest BCUT2D eigenvalue weighted by Crippen LogP contribution is -2.46. The summed E-state index contributed by atoms with van der Waals surface area (Å²) in [6, 6.07) is 16.8. The molecule has 0 bridgehead atoms. The topological polar surface area (TPSA) is 35.6 Å². The van der Waals surface area contributed by atoms with Crippen molar-refractivity contribution in [3.8, 4) is 0 Å². The molecular weight excluding hydrogens is 392 g/mol. The second-order valence-corrected chi connectivity index (χ2v) is 8.09. The average Bonchev–Trinajstić information content (AvgIpc) is 2.74. The number of rotatable bonds is 9. The quantitative estimate of drug-likeness (QED) is 0.485. The van der Waals surface area contributed by atoms with Gasteiger partial charge >= 0.3 is 0 Å². The fourth-order valence-corrected chi connectivity index (χ4v) is 3.92. The predicted molar refractivity (Wildman–Crippen MR) is 115 cm³/mol. The van der Waals surface area contributed by atoms with Crippen LogP contribution in [0.25, 0.3) is 0 Å². The Balaban J connectivity index is 1.29. The predicted octanol–water partition coefficient (Wildman–Crippen LogP) is 4.33. The van der Waals surface area contributed by atoms with Crippen molar-refractivity contribution in [3.63, 3.8) is 0 Å². The Hall–Kier alpha value is -2.12. The number of nitrogens with zero attached hydrogens (tertiary/aromatic N) is 2. The molecule has 0 saturated carbocycles. The van der Waals surface area contributed by atoms with Crippen LogP contribution in [0.4, 0.5) is 14.5 Å². The zero-order valence-corrected chi connectivity index (χ0v) is 17.2. The lowest BCUT2D eigenvalue weighted by Gasteiger charge is -2.36. The second kappa shape index (κ2) is 11.2. The number of piperazine rings is 1. The van der Waals surface area contributed by atoms with Crippen LogP contribution in [0, 0.1) is 0 Å². The smallest absolute Gasteiger partial charge is 0.288 e. The van der Waals surface area contributed by atoms with E-state index in [4.69, 9.17) is 0 Å². The summed E-state index contributed by atoms with van der Waals surface area (Å²) in [5, 5.41) is 2.90. The van der Waals surface area contributed by atoms with Crippen LogP contribution in [0.1, 0.15) is 23.2 Å². The van der Waals surface area contributed by atoms with Crippen LogP contribution in [-0.2, 0) is 0 Å². The van der Waals surface area contributed by atoms with Crippen LogP contribution >= 0.6 is 11.8 Å². The maximum atomic E-state index is 12.3. The molecule has 0 atom stereocenters. The maximum absolute atomic E-state index is 12.3. The Morgan fingerprint density at radius 3 is 2.31 bits per heavy atom. The number of unbranched alkanes of at least 4 members (excludes halogenated alkanes) is 1. The standard InChI is InChI=1S/C22H27F2N3OS/c23-22(24)29-20-10-8-18(9-11-20)21(28)25-12-4-5-13-26-14-16-27(17-15-26)19-6-2-1-3-7-19/h1-3,6-11,22H,4-5,12-17H2,(H,25,28). The van der Waals surface area contributed by atoms with Crippen LogP contribution in [0.2, 0.25) is 0 Å². The van der Waals surface area contributed by atoms with Crippen molar-refractivity contribution in [2.45, 2.75) is 23.5 Å². The van der Waals surface area contributed by atoms with Crippen molar-refractivity contribution in [2.75, 3.05) is 44.2 Å². The van der Waals surface area contributed by atoms with E-state index in [-0.39, 0.29) is 5.91 Å². The van der Waals surface area contributed by atoms with Crippen LogP contribution in [0.3, 0.4) is 0 Å². The van der Waals surface area contributed by atoms with E-state index < -0.39 is 5.76 Å². The molecule has 29 heavy (non-hydrogen) atoms. The highest BCUT2D eigenvalue weighted by molar-refractivity contribution is 7.99. The summed E-state index contributed by atoms with van der Waals surface area (Å²) in [7, 11) is 0. The van der Waals surface area contributed by atoms with E-state index in [2.05, 4.69) is 39.4 Å². The third-order valence-corrected chi connectivity index (χ3v) is 5.74. The number of carbonyl (C=O) groups is 1. The summed E-state index contributed by atoms with van der Waals surface area (Å²) >= 11 is 0.483. The molecule has 2 aromatic rings. The molecule has 1 N–H and O–H groups in total. The Labute approximate surface area is 175 Å². The number of amides is 1. The van der Waals surface area contributed by atoms with E-state index in [1.54, 1.807) is 24.3 Å². The molecule has 0 spiro atoms. The van der Waals surface area contributed by atoms with Crippen molar-refractivity contribution in [1.82, 2.24) is 10.2 Å². The van der Waals surface area contributed by atoms with Gasteiger partial charge in [0.2, 0.25) is 0 Å². The molecule has 1 aliphatic rings. The fourth-order valence-electron chi connectivity index (χ4n) is 3.42. The Morgan fingerprint density at radius 1 is 0.966 bits per heavy atom. The lowest BCUT2D eigenvalue weighted by atomic mass is 10.2. The molecule has 1 saturated heterocycles. The number of hydrogen-bond donors (Lipinski definition) is 1. The van der Waals surface area contributed by atoms with Gasteiger partial charge < -0.3 is 10.2 Å². The third kappa shape index (κ3) is 7.01. The van der Waals surface area contributed by atoms with Crippen LogP contribution in [0.15, 0.2) is 59.5 Å². The molecule has 1 fully saturated rings. The van der Waals surface area contributed by atoms with Gasteiger partial charge in [-0.25, -0.2) is 0 Å². The Bertz CT molecular complexity index is 750. The highest BCUT2D eigenvalue weighted by Gasteiger charge is 2.16. The summed E-state index contributed by atoms with van der Waals surface area (Å²) in [4.78, 5) is 17.5. The van der Waals surface area contributed by atoms with E-state index in [9.17, 15) is 13.6 Å². The first-order valence-electron chi connectivity index (χ1n) is 9.97. The van der Waals surface area contributed by atoms with E-state index >= 15 is 0 Å². The van der Waals surface area contributed by atoms with Crippen molar-refractivity contribution in [1.29, 1.82) is 0 Å². The highest BCUT2D eigenvalue weighted by Crippen LogP contribution is 2.25. The number of nitrogens with one attached hydrogen (secondary N) is 1. The second-order valence-electron chi connectivity index (χ2n) is 7.03. The first kappa shape index (κ1) is 21.6. The number of halogens is 2. The molecule has 1 aliphatic heterocycles. The van der Waals surface area contributed by atoms with Gasteiger partial charge in [0.1, 0.15) is 0 Å². The van der Waals surface area contributed by atoms with Gasteiger partial charge in [0, 0.05) is 48.9 Å². The highest BCUT2D eigenvalue weighted by atomic mass is 32.2. The first-order chi connectivity index (χ1) is 14.1. The molecule has 4 nitrogen and oxygen atoms in total. The molecule has 1 amide bonds. The maximum Gasteiger partial charge on any atom is 0.288 e. The van der Waals surface area contributed by atoms with Crippen molar-refractivity contribution >= 4 is 23.4 Å². The summed E-state index contributed by atoms with van der Waals surface area (Å²) in [5.41, 5.74) is 1.79. The van der Waals surface area contributed by atoms with Crippen LogP contribution in [0.5, 0.6) is 0 Å². The van der Waals surface area contributed by atoms with Gasteiger partial charge in [0.25, 0.3) is 11.7 Å². The zero-order valence-electron chi connectivity index (χ0n) is 16.4. The summed E-state index contributed by atoms with van der Waals surface area (Å²) in [6.07, 6.45) is 1.96. The van der Waals surface area contributed by atoms with Crippen molar-refractivity contribution in [2.24, 2.45) is 0 Å². The van der Waals surface area contributed by atoms with Gasteiger partial charge in [-0.2, -0.15) is 8.78 Å². The summed E-state index contributed by atoms with van der Waals surface area (Å²) in [6.45, 7) is 5.87. The minimum absolute atomic E-state index is 0.157. The van der Waals surface area contributed by atoms with Crippen molar-refractivity contribution < 1.29 is 13.6 Å². The molecule has 0 unspecified atom stereocenters. The normalized spacial score (nSPS) is 14.9. The molecule has 0 radical (unpaired) electrons. The minimum atomic E-state index is -2.45. The van der Waals surface area contributed by atoms with Crippen LogP contribution in [-0.4, -0.2) is 55.8 Å². The van der Waals surface area contributed by atoms with Gasteiger partial charge in [-0.1, -0.05) is 30.0 Å². The van der Waals surface area contributed by atoms with Gasteiger partial charge in [-0.05, 0) is 55.8 Å². The van der Waals surface area contributed by atoms with E-state index in [0.717, 1.165) is 45.6 Å². The molecule has 0 aromatic heterocycles. The summed E-state index contributed by atoms with van der Waals surface area (Å²) in [5.74, 6) is -2.61. The third-order valence-electron chi connectivity index (χ3n) is 5.02. The van der Waals surface area contributed by atoms with Gasteiger partial charge in [0.15, 0.2) is 0 Å². The van der Waals surface area contributed by atoms with Gasteiger partial charge in [-0.3, -0.25) is 9.69 Å². The molecule has 2 aromatic carbocycles. The molecule has 156 valence electrons. The lowest BCUT2D eigenvalue weighted by molar-refractivity contribution is 0.0952. The summed E-state index contributed by atoms with van der Waals surface area (Å²) < 4.78 is 24.7. The van der Waals surface area contributed by atoms with Gasteiger partial charge in [-0.15, -0.1) is 0 Å². The van der Waals surface area contributed by atoms with Gasteiger partial charge in [0.05, 0.1) is 0 Å². The number of thioether (sulfide) groups is 1. The van der Waals surface area contributed by atoms with Crippen molar-refractivity contribution in [3.05, 3.63) is 60.2 Å². The minimum Gasteiger partial charge on any atom is -0.369 e. The number of alkyl halides is 2. The largest absolute Gasteiger partial charge is 0.369 e. The fraction of sp³-hybridized carbons (Fsp3) is 0.409. The SMILES string of the molecule is O=C(NCCCCN1CCN(c2ccccc2)CC1)c1ccc(SC(F)F)cc1. The Morgan fingerprint density at radius 2 is 1.66 bits per heavy atom. The number of hydrogen-bond acceptors (Lipinski definition) is 4. The first-order valence-corrected chi connectivity index (χ1v) is 10.9. The van der Waals surface area contributed by atoms with E-state index in [1.807, 2.05) is 6.07 Å². The molecule has 1 heterocycles. The van der Waals surface area contributed by atoms with E-state index in [0.29, 0.717) is 28.8 Å². The molecule has 0 aliphatic carbocycles. The number of carbonyl (C=O) groups excluding carboxylic acids is 1. The monoisotopic (exact) mass is 419 g/mol.